The molecule has 0 radical (unpaired) electrons. The van der Waals surface area contributed by atoms with Crippen molar-refractivity contribution in [3.8, 4) is 0 Å². The van der Waals surface area contributed by atoms with E-state index >= 15 is 0 Å². The smallest absolute Gasteiger partial charge is 0.278 e. The Labute approximate surface area is 154 Å². The van der Waals surface area contributed by atoms with E-state index in [9.17, 15) is 14.0 Å². The number of aromatic nitrogens is 3. The van der Waals surface area contributed by atoms with E-state index in [1.807, 2.05) is 0 Å². The summed E-state index contributed by atoms with van der Waals surface area (Å²) in [4.78, 5) is 26.8. The lowest BCUT2D eigenvalue weighted by Gasteiger charge is -2.33. The molecular weight excluding hydrogens is 351 g/mol. The number of fused-ring (bicyclic) bond motifs is 1. The molecule has 1 aliphatic heterocycles. The molecular formula is C19H17FN4O3. The molecule has 0 bridgehead atoms. The summed E-state index contributed by atoms with van der Waals surface area (Å²) in [6.45, 7) is 0.936. The van der Waals surface area contributed by atoms with Gasteiger partial charge < -0.3 is 9.64 Å². The molecule has 3 aromatic rings. The fourth-order valence-corrected chi connectivity index (χ4v) is 3.11. The number of hydrogen-bond donors (Lipinski definition) is 0. The number of hydrogen-bond acceptors (Lipinski definition) is 5. The van der Waals surface area contributed by atoms with Crippen molar-refractivity contribution in [1.82, 2.24) is 19.9 Å². The predicted octanol–water partition coefficient (Wildman–Crippen LogP) is 1.53. The Morgan fingerprint density at radius 3 is 2.78 bits per heavy atom. The summed E-state index contributed by atoms with van der Waals surface area (Å²) in [6, 6.07) is 12.9. The number of carbonyl (C=O) groups excluding carboxylic acids is 1. The van der Waals surface area contributed by atoms with Crippen LogP contribution in [0.4, 0.5) is 4.39 Å². The van der Waals surface area contributed by atoms with Crippen molar-refractivity contribution in [2.75, 3.05) is 19.7 Å². The molecule has 1 saturated heterocycles. The Morgan fingerprint density at radius 1 is 1.19 bits per heavy atom. The van der Waals surface area contributed by atoms with Gasteiger partial charge in [0, 0.05) is 6.54 Å². The number of rotatable bonds is 3. The van der Waals surface area contributed by atoms with Crippen LogP contribution in [0.15, 0.2) is 53.3 Å². The molecule has 138 valence electrons. The molecule has 8 heteroatoms. The number of amides is 1. The van der Waals surface area contributed by atoms with Crippen LogP contribution in [-0.2, 0) is 16.1 Å². The summed E-state index contributed by atoms with van der Waals surface area (Å²) in [7, 11) is 0. The maximum Gasteiger partial charge on any atom is 0.278 e. The highest BCUT2D eigenvalue weighted by Gasteiger charge is 2.26. The minimum Gasteiger partial charge on any atom is -0.370 e. The zero-order chi connectivity index (χ0) is 18.8. The molecule has 0 N–H and O–H groups in total. The van der Waals surface area contributed by atoms with Gasteiger partial charge in [-0.1, -0.05) is 29.5 Å². The van der Waals surface area contributed by atoms with Gasteiger partial charge in [-0.3, -0.25) is 9.59 Å². The maximum atomic E-state index is 13.1. The number of morpholine rings is 1. The number of carbonyl (C=O) groups is 1. The molecule has 1 fully saturated rings. The first-order chi connectivity index (χ1) is 13.1. The van der Waals surface area contributed by atoms with Crippen LogP contribution in [0.3, 0.4) is 0 Å². The van der Waals surface area contributed by atoms with E-state index < -0.39 is 0 Å². The van der Waals surface area contributed by atoms with E-state index in [2.05, 4.69) is 10.3 Å². The van der Waals surface area contributed by atoms with E-state index in [0.29, 0.717) is 30.6 Å². The van der Waals surface area contributed by atoms with E-state index in [-0.39, 0.29) is 29.9 Å². The van der Waals surface area contributed by atoms with Crippen molar-refractivity contribution >= 4 is 16.8 Å². The van der Waals surface area contributed by atoms with E-state index in [1.54, 1.807) is 41.3 Å². The fourth-order valence-electron chi connectivity index (χ4n) is 3.11. The highest BCUT2D eigenvalue weighted by molar-refractivity contribution is 5.78. The van der Waals surface area contributed by atoms with Gasteiger partial charge in [-0.15, -0.1) is 5.10 Å². The average molecular weight is 368 g/mol. The fraction of sp³-hybridized carbons (Fsp3) is 0.263. The summed E-state index contributed by atoms with van der Waals surface area (Å²) < 4.78 is 19.9. The Kier molecular flexibility index (Phi) is 4.64. The normalized spacial score (nSPS) is 17.2. The number of nitrogens with zero attached hydrogens (tertiary/aromatic N) is 4. The molecule has 0 spiro atoms. The number of benzene rings is 2. The topological polar surface area (TPSA) is 77.3 Å². The SMILES string of the molecule is O=C(Cn1nnc2ccccc2c1=O)N1CCOC(c2ccc(F)cc2)C1. The third-order valence-electron chi connectivity index (χ3n) is 4.58. The quantitative estimate of drug-likeness (QED) is 0.701. The molecule has 1 atom stereocenters. The van der Waals surface area contributed by atoms with Gasteiger partial charge in [0.25, 0.3) is 5.56 Å². The number of ether oxygens (including phenoxy) is 1. The largest absolute Gasteiger partial charge is 0.370 e. The van der Waals surface area contributed by atoms with Gasteiger partial charge >= 0.3 is 0 Å². The first-order valence-electron chi connectivity index (χ1n) is 8.59. The van der Waals surface area contributed by atoms with Crippen molar-refractivity contribution in [2.24, 2.45) is 0 Å². The monoisotopic (exact) mass is 368 g/mol. The van der Waals surface area contributed by atoms with Crippen molar-refractivity contribution < 1.29 is 13.9 Å². The van der Waals surface area contributed by atoms with Crippen molar-refractivity contribution in [3.05, 3.63) is 70.3 Å². The van der Waals surface area contributed by atoms with E-state index in [1.165, 1.54) is 12.1 Å². The second-order valence-electron chi connectivity index (χ2n) is 6.32. The van der Waals surface area contributed by atoms with Gasteiger partial charge in [-0.25, -0.2) is 9.07 Å². The molecule has 27 heavy (non-hydrogen) atoms. The average Bonchev–Trinajstić information content (AvgIpc) is 2.71. The molecule has 4 rings (SSSR count). The molecule has 7 nitrogen and oxygen atoms in total. The van der Waals surface area contributed by atoms with Gasteiger partial charge in [0.05, 0.1) is 18.5 Å². The van der Waals surface area contributed by atoms with Crippen LogP contribution in [0, 0.1) is 5.82 Å². The lowest BCUT2D eigenvalue weighted by molar-refractivity contribution is -0.140. The lowest BCUT2D eigenvalue weighted by Crippen LogP contribution is -2.45. The molecule has 1 amide bonds. The molecule has 1 aromatic heterocycles. The van der Waals surface area contributed by atoms with Crippen LogP contribution in [-0.4, -0.2) is 45.5 Å². The minimum absolute atomic E-state index is 0.188. The molecule has 0 saturated carbocycles. The van der Waals surface area contributed by atoms with Crippen LogP contribution in [0.5, 0.6) is 0 Å². The van der Waals surface area contributed by atoms with Crippen molar-refractivity contribution in [2.45, 2.75) is 12.6 Å². The Bertz CT molecular complexity index is 1040. The van der Waals surface area contributed by atoms with Crippen LogP contribution in [0.2, 0.25) is 0 Å². The van der Waals surface area contributed by atoms with Crippen molar-refractivity contribution in [1.29, 1.82) is 0 Å². The van der Waals surface area contributed by atoms with E-state index in [4.69, 9.17) is 4.74 Å². The van der Waals surface area contributed by atoms with E-state index in [0.717, 1.165) is 10.2 Å². The summed E-state index contributed by atoms with van der Waals surface area (Å²) in [6.07, 6.45) is -0.331. The lowest BCUT2D eigenvalue weighted by atomic mass is 10.1. The molecule has 2 aromatic carbocycles. The van der Waals surface area contributed by atoms with Crippen LogP contribution >= 0.6 is 0 Å². The third kappa shape index (κ3) is 3.56. The standard InChI is InChI=1S/C19H17FN4O3/c20-14-7-5-13(6-8-14)17-11-23(9-10-27-17)18(25)12-24-19(26)15-3-1-2-4-16(15)21-22-24/h1-8,17H,9-12H2. The second-order valence-corrected chi connectivity index (χ2v) is 6.32. The van der Waals surface area contributed by atoms with Crippen molar-refractivity contribution in [3.63, 3.8) is 0 Å². The first-order valence-corrected chi connectivity index (χ1v) is 8.59. The van der Waals surface area contributed by atoms with Gasteiger partial charge in [0.2, 0.25) is 5.91 Å². The van der Waals surface area contributed by atoms with Gasteiger partial charge in [-0.05, 0) is 29.8 Å². The van der Waals surface area contributed by atoms with Gasteiger partial charge in [0.1, 0.15) is 24.0 Å². The molecule has 0 aliphatic carbocycles. The Balaban J connectivity index is 1.50. The second kappa shape index (κ2) is 7.24. The van der Waals surface area contributed by atoms with Gasteiger partial charge in [0.15, 0.2) is 0 Å². The highest BCUT2D eigenvalue weighted by atomic mass is 19.1. The maximum absolute atomic E-state index is 13.1. The van der Waals surface area contributed by atoms with Crippen LogP contribution in [0.1, 0.15) is 11.7 Å². The molecule has 2 heterocycles. The summed E-state index contributed by atoms with van der Waals surface area (Å²) in [5.41, 5.74) is 0.947. The zero-order valence-corrected chi connectivity index (χ0v) is 14.4. The molecule has 1 unspecified atom stereocenters. The summed E-state index contributed by atoms with van der Waals surface area (Å²) in [5.74, 6) is -0.561. The third-order valence-corrected chi connectivity index (χ3v) is 4.58. The van der Waals surface area contributed by atoms with Crippen LogP contribution in [0.25, 0.3) is 10.9 Å². The Hall–Kier alpha value is -3.13. The minimum atomic E-state index is -0.350. The first kappa shape index (κ1) is 17.3. The zero-order valence-electron chi connectivity index (χ0n) is 14.4. The molecule has 1 aliphatic rings. The highest BCUT2D eigenvalue weighted by Crippen LogP contribution is 2.22. The summed E-state index contributed by atoms with van der Waals surface area (Å²) >= 11 is 0. The Morgan fingerprint density at radius 2 is 1.96 bits per heavy atom. The predicted molar refractivity (Wildman–Crippen MR) is 95.5 cm³/mol. The van der Waals surface area contributed by atoms with Crippen LogP contribution < -0.4 is 5.56 Å². The summed E-state index contributed by atoms with van der Waals surface area (Å²) in [5, 5.41) is 8.28. The number of halogens is 1. The van der Waals surface area contributed by atoms with Gasteiger partial charge in [-0.2, -0.15) is 0 Å².